The number of nitrogens with one attached hydrogen (secondary N) is 2. The van der Waals surface area contributed by atoms with Gasteiger partial charge in [0, 0.05) is 6.20 Å². The van der Waals surface area contributed by atoms with Gasteiger partial charge >= 0.3 is 0 Å². The van der Waals surface area contributed by atoms with Gasteiger partial charge in [0.25, 0.3) is 5.91 Å². The first-order valence-corrected chi connectivity index (χ1v) is 7.42. The van der Waals surface area contributed by atoms with Crippen LogP contribution in [0.1, 0.15) is 23.0 Å². The third-order valence-electron chi connectivity index (χ3n) is 2.76. The fourth-order valence-corrected chi connectivity index (χ4v) is 2.44. The number of hydrazone groups is 1. The van der Waals surface area contributed by atoms with Gasteiger partial charge in [0.15, 0.2) is 11.5 Å². The van der Waals surface area contributed by atoms with Crippen molar-refractivity contribution in [3.8, 4) is 11.5 Å². The zero-order valence-electron chi connectivity index (χ0n) is 12.2. The van der Waals surface area contributed by atoms with E-state index in [0.717, 1.165) is 10.0 Å². The summed E-state index contributed by atoms with van der Waals surface area (Å²) in [7, 11) is 1.58. The van der Waals surface area contributed by atoms with Crippen LogP contribution in [-0.4, -0.2) is 30.8 Å². The van der Waals surface area contributed by atoms with Crippen molar-refractivity contribution in [1.82, 2.24) is 10.4 Å². The molecule has 116 valence electrons. The van der Waals surface area contributed by atoms with Crippen LogP contribution in [0.4, 0.5) is 0 Å². The predicted molar refractivity (Wildman–Crippen MR) is 87.7 cm³/mol. The van der Waals surface area contributed by atoms with Crippen LogP contribution in [0.5, 0.6) is 11.5 Å². The molecule has 0 unspecified atom stereocenters. The summed E-state index contributed by atoms with van der Waals surface area (Å²) in [6, 6.07) is 7.03. The first kappa shape index (κ1) is 16.1. The Balaban J connectivity index is 2.12. The smallest absolute Gasteiger partial charge is 0.287 e. The number of aromatic nitrogens is 1. The van der Waals surface area contributed by atoms with E-state index in [-0.39, 0.29) is 5.91 Å². The Morgan fingerprint density at radius 1 is 1.50 bits per heavy atom. The van der Waals surface area contributed by atoms with Crippen molar-refractivity contribution in [2.24, 2.45) is 5.10 Å². The van der Waals surface area contributed by atoms with E-state index >= 15 is 0 Å². The van der Waals surface area contributed by atoms with Gasteiger partial charge in [0.2, 0.25) is 0 Å². The van der Waals surface area contributed by atoms with E-state index in [1.807, 2.05) is 13.0 Å². The molecule has 7 heteroatoms. The Hall–Kier alpha value is -2.28. The normalized spacial score (nSPS) is 10.7. The molecule has 0 saturated heterocycles. The summed E-state index contributed by atoms with van der Waals surface area (Å²) in [5.74, 6) is 0.921. The van der Waals surface area contributed by atoms with Crippen molar-refractivity contribution < 1.29 is 14.3 Å². The molecule has 0 aliphatic carbocycles. The molecule has 1 aromatic carbocycles. The number of benzene rings is 1. The first-order chi connectivity index (χ1) is 10.7. The maximum Gasteiger partial charge on any atom is 0.287 e. The standard InChI is InChI=1S/C15H16BrN3O3/c1-3-22-13-8-10(7-11(16)14(13)21-2)9-18-19-15(20)12-5-4-6-17-12/h4-9,17H,3H2,1-2H3,(H,19,20)/b18-9-. The molecule has 0 atom stereocenters. The molecule has 1 heterocycles. The molecule has 2 rings (SSSR count). The predicted octanol–water partition coefficient (Wildman–Crippen LogP) is 2.95. The van der Waals surface area contributed by atoms with E-state index < -0.39 is 0 Å². The van der Waals surface area contributed by atoms with Crippen molar-refractivity contribution in [2.45, 2.75) is 6.92 Å². The molecule has 0 aliphatic rings. The minimum Gasteiger partial charge on any atom is -0.492 e. The fraction of sp³-hybridized carbons (Fsp3) is 0.200. The summed E-state index contributed by atoms with van der Waals surface area (Å²) in [6.45, 7) is 2.41. The van der Waals surface area contributed by atoms with Gasteiger partial charge in [-0.1, -0.05) is 0 Å². The molecule has 2 N–H and O–H groups in total. The monoisotopic (exact) mass is 365 g/mol. The van der Waals surface area contributed by atoms with Crippen LogP contribution >= 0.6 is 15.9 Å². The topological polar surface area (TPSA) is 75.7 Å². The average Bonchev–Trinajstić information content (AvgIpc) is 3.01. The molecule has 0 bridgehead atoms. The van der Waals surface area contributed by atoms with Gasteiger partial charge in [-0.2, -0.15) is 5.10 Å². The highest BCUT2D eigenvalue weighted by molar-refractivity contribution is 9.10. The number of amides is 1. The van der Waals surface area contributed by atoms with Gasteiger partial charge in [0.05, 0.1) is 24.4 Å². The third-order valence-corrected chi connectivity index (χ3v) is 3.35. The lowest BCUT2D eigenvalue weighted by molar-refractivity contribution is 0.0951. The van der Waals surface area contributed by atoms with Crippen LogP contribution in [0.15, 0.2) is 40.0 Å². The SMILES string of the molecule is CCOc1cc(/C=N\NC(=O)c2ccc[nH]2)cc(Br)c1OC. The molecule has 22 heavy (non-hydrogen) atoms. The lowest BCUT2D eigenvalue weighted by Crippen LogP contribution is -2.17. The van der Waals surface area contributed by atoms with Crippen LogP contribution < -0.4 is 14.9 Å². The summed E-state index contributed by atoms with van der Waals surface area (Å²) in [4.78, 5) is 14.5. The number of rotatable bonds is 6. The molecule has 0 spiro atoms. The van der Waals surface area contributed by atoms with E-state index in [4.69, 9.17) is 9.47 Å². The van der Waals surface area contributed by atoms with Crippen LogP contribution in [0.2, 0.25) is 0 Å². The van der Waals surface area contributed by atoms with Gasteiger partial charge in [-0.05, 0) is 52.7 Å². The highest BCUT2D eigenvalue weighted by Gasteiger charge is 2.10. The second kappa shape index (κ2) is 7.65. The summed E-state index contributed by atoms with van der Waals surface area (Å²) < 4.78 is 11.6. The van der Waals surface area contributed by atoms with Crippen molar-refractivity contribution in [2.75, 3.05) is 13.7 Å². The van der Waals surface area contributed by atoms with E-state index in [2.05, 4.69) is 31.4 Å². The molecule has 0 aliphatic heterocycles. The lowest BCUT2D eigenvalue weighted by atomic mass is 10.2. The van der Waals surface area contributed by atoms with Crippen molar-refractivity contribution >= 4 is 28.1 Å². The number of methoxy groups -OCH3 is 1. The molecule has 1 amide bonds. The highest BCUT2D eigenvalue weighted by Crippen LogP contribution is 2.36. The molecule has 2 aromatic rings. The van der Waals surface area contributed by atoms with E-state index in [9.17, 15) is 4.79 Å². The van der Waals surface area contributed by atoms with Crippen LogP contribution in [0, 0.1) is 0 Å². The molecule has 0 fully saturated rings. The maximum atomic E-state index is 11.7. The molecule has 0 radical (unpaired) electrons. The molecule has 0 saturated carbocycles. The van der Waals surface area contributed by atoms with Crippen molar-refractivity contribution in [3.05, 3.63) is 46.2 Å². The molecule has 6 nitrogen and oxygen atoms in total. The van der Waals surface area contributed by atoms with Gasteiger partial charge in [-0.15, -0.1) is 0 Å². The first-order valence-electron chi connectivity index (χ1n) is 6.62. The summed E-state index contributed by atoms with van der Waals surface area (Å²) in [6.07, 6.45) is 3.21. The van der Waals surface area contributed by atoms with Crippen LogP contribution in [0.3, 0.4) is 0 Å². The zero-order valence-corrected chi connectivity index (χ0v) is 13.8. The van der Waals surface area contributed by atoms with E-state index in [1.54, 1.807) is 31.5 Å². The number of carbonyl (C=O) groups excluding carboxylic acids is 1. The van der Waals surface area contributed by atoms with Crippen molar-refractivity contribution in [3.63, 3.8) is 0 Å². The Bertz CT molecular complexity index is 669. The quantitative estimate of drug-likeness (QED) is 0.610. The lowest BCUT2D eigenvalue weighted by Gasteiger charge is -2.11. The number of nitrogens with zero attached hydrogens (tertiary/aromatic N) is 1. The minimum atomic E-state index is -0.307. The number of carbonyl (C=O) groups is 1. The van der Waals surface area contributed by atoms with E-state index in [1.165, 1.54) is 6.21 Å². The molecule has 1 aromatic heterocycles. The number of H-pyrrole nitrogens is 1. The number of ether oxygens (including phenoxy) is 2. The average molecular weight is 366 g/mol. The van der Waals surface area contributed by atoms with Crippen LogP contribution in [0.25, 0.3) is 0 Å². The Morgan fingerprint density at radius 3 is 2.95 bits per heavy atom. The number of hydrogen-bond acceptors (Lipinski definition) is 4. The third kappa shape index (κ3) is 3.88. The number of halogens is 1. The van der Waals surface area contributed by atoms with Gasteiger partial charge in [-0.3, -0.25) is 4.79 Å². The summed E-state index contributed by atoms with van der Waals surface area (Å²) in [5.41, 5.74) is 3.66. The van der Waals surface area contributed by atoms with Crippen molar-refractivity contribution in [1.29, 1.82) is 0 Å². The largest absolute Gasteiger partial charge is 0.492 e. The fourth-order valence-electron chi connectivity index (χ4n) is 1.82. The van der Waals surface area contributed by atoms with Gasteiger partial charge in [0.1, 0.15) is 5.69 Å². The Labute approximate surface area is 136 Å². The molecular formula is C15H16BrN3O3. The van der Waals surface area contributed by atoms with Gasteiger partial charge in [-0.25, -0.2) is 5.43 Å². The number of aromatic amines is 1. The number of hydrogen-bond donors (Lipinski definition) is 2. The highest BCUT2D eigenvalue weighted by atomic mass is 79.9. The second-order valence-corrected chi connectivity index (χ2v) is 5.10. The summed E-state index contributed by atoms with van der Waals surface area (Å²) >= 11 is 3.42. The molecular weight excluding hydrogens is 350 g/mol. The second-order valence-electron chi connectivity index (χ2n) is 4.25. The van der Waals surface area contributed by atoms with Crippen LogP contribution in [-0.2, 0) is 0 Å². The minimum absolute atomic E-state index is 0.307. The van der Waals surface area contributed by atoms with E-state index in [0.29, 0.717) is 23.8 Å². The van der Waals surface area contributed by atoms with Gasteiger partial charge < -0.3 is 14.5 Å². The summed E-state index contributed by atoms with van der Waals surface area (Å²) in [5, 5.41) is 3.93. The Morgan fingerprint density at radius 2 is 2.32 bits per heavy atom. The Kier molecular flexibility index (Phi) is 5.60. The zero-order chi connectivity index (χ0) is 15.9. The maximum absolute atomic E-state index is 11.7.